The van der Waals surface area contributed by atoms with E-state index in [2.05, 4.69) is 34.4 Å². The standard InChI is InChI=1S/C19H32N4O2S/c1-11(2)12(3)20-18(25)16-7-9-23(10-8-16)14(5)17(24)22-19-21-13(4)15(6)26-19/h11-12,14,16H,7-10H2,1-6H3,(H,20,25)(H,21,22,24). The van der Waals surface area contributed by atoms with Gasteiger partial charge in [-0.3, -0.25) is 14.5 Å². The molecule has 2 rings (SSSR count). The van der Waals surface area contributed by atoms with Crippen LogP contribution in [-0.2, 0) is 9.59 Å². The molecule has 0 aromatic carbocycles. The predicted octanol–water partition coefficient (Wildman–Crippen LogP) is 2.96. The van der Waals surface area contributed by atoms with Crippen LogP contribution in [0.3, 0.4) is 0 Å². The van der Waals surface area contributed by atoms with Crippen LogP contribution in [-0.4, -0.2) is 46.9 Å². The van der Waals surface area contributed by atoms with Gasteiger partial charge in [0.25, 0.3) is 0 Å². The lowest BCUT2D eigenvalue weighted by Gasteiger charge is -2.35. The lowest BCUT2D eigenvalue weighted by Crippen LogP contribution is -2.49. The highest BCUT2D eigenvalue weighted by Gasteiger charge is 2.30. The van der Waals surface area contributed by atoms with Crippen LogP contribution in [0.4, 0.5) is 5.13 Å². The molecule has 1 aliphatic heterocycles. The van der Waals surface area contributed by atoms with E-state index in [-0.39, 0.29) is 29.8 Å². The highest BCUT2D eigenvalue weighted by Crippen LogP contribution is 2.23. The van der Waals surface area contributed by atoms with Gasteiger partial charge in [0.05, 0.1) is 11.7 Å². The molecule has 1 saturated heterocycles. The van der Waals surface area contributed by atoms with E-state index >= 15 is 0 Å². The minimum Gasteiger partial charge on any atom is -0.353 e. The summed E-state index contributed by atoms with van der Waals surface area (Å²) in [6.45, 7) is 13.7. The summed E-state index contributed by atoms with van der Waals surface area (Å²) in [5.74, 6) is 0.597. The molecule has 1 fully saturated rings. The zero-order valence-corrected chi connectivity index (χ0v) is 17.6. The maximum atomic E-state index is 12.5. The number of amides is 2. The van der Waals surface area contributed by atoms with Crippen LogP contribution < -0.4 is 10.6 Å². The molecule has 26 heavy (non-hydrogen) atoms. The third-order valence-electron chi connectivity index (χ3n) is 5.46. The smallest absolute Gasteiger partial charge is 0.243 e. The number of hydrogen-bond acceptors (Lipinski definition) is 5. The monoisotopic (exact) mass is 380 g/mol. The molecular formula is C19H32N4O2S. The average Bonchev–Trinajstić information content (AvgIpc) is 2.91. The van der Waals surface area contributed by atoms with Gasteiger partial charge in [-0.2, -0.15) is 0 Å². The first-order valence-corrected chi connectivity index (χ1v) is 10.3. The highest BCUT2D eigenvalue weighted by atomic mass is 32.1. The first kappa shape index (κ1) is 20.8. The zero-order valence-electron chi connectivity index (χ0n) is 16.8. The van der Waals surface area contributed by atoms with Crippen molar-refractivity contribution in [3.8, 4) is 0 Å². The van der Waals surface area contributed by atoms with Gasteiger partial charge in [-0.15, -0.1) is 11.3 Å². The number of aromatic nitrogens is 1. The van der Waals surface area contributed by atoms with E-state index in [4.69, 9.17) is 0 Å². The van der Waals surface area contributed by atoms with E-state index in [0.29, 0.717) is 11.0 Å². The molecule has 1 aliphatic rings. The molecule has 0 bridgehead atoms. The van der Waals surface area contributed by atoms with E-state index in [1.165, 1.54) is 11.3 Å². The van der Waals surface area contributed by atoms with Crippen molar-refractivity contribution < 1.29 is 9.59 Å². The van der Waals surface area contributed by atoms with E-state index in [1.54, 1.807) is 0 Å². The maximum Gasteiger partial charge on any atom is 0.243 e. The van der Waals surface area contributed by atoms with E-state index < -0.39 is 0 Å². The van der Waals surface area contributed by atoms with Crippen LogP contribution in [0.15, 0.2) is 0 Å². The molecule has 0 radical (unpaired) electrons. The third-order valence-corrected chi connectivity index (χ3v) is 6.44. The van der Waals surface area contributed by atoms with Gasteiger partial charge in [-0.25, -0.2) is 4.98 Å². The lowest BCUT2D eigenvalue weighted by atomic mass is 9.94. The normalized spacial score (nSPS) is 18.6. The summed E-state index contributed by atoms with van der Waals surface area (Å²) in [4.78, 5) is 32.5. The summed E-state index contributed by atoms with van der Waals surface area (Å²) in [7, 11) is 0. The van der Waals surface area contributed by atoms with Gasteiger partial charge < -0.3 is 10.6 Å². The molecule has 146 valence electrons. The molecular weight excluding hydrogens is 348 g/mol. The molecule has 7 heteroatoms. The topological polar surface area (TPSA) is 74.3 Å². The fourth-order valence-electron chi connectivity index (χ4n) is 2.96. The number of carbonyl (C=O) groups excluding carboxylic acids is 2. The Morgan fingerprint density at radius 3 is 2.27 bits per heavy atom. The van der Waals surface area contributed by atoms with Crippen LogP contribution in [0.1, 0.15) is 51.1 Å². The molecule has 2 amide bonds. The Kier molecular flexibility index (Phi) is 7.17. The molecule has 0 saturated carbocycles. The summed E-state index contributed by atoms with van der Waals surface area (Å²) in [5, 5.41) is 6.69. The number of rotatable bonds is 6. The van der Waals surface area contributed by atoms with Crippen molar-refractivity contribution in [2.75, 3.05) is 18.4 Å². The van der Waals surface area contributed by atoms with E-state index in [0.717, 1.165) is 36.5 Å². The van der Waals surface area contributed by atoms with E-state index in [9.17, 15) is 9.59 Å². The number of nitrogens with zero attached hydrogens (tertiary/aromatic N) is 2. The van der Waals surface area contributed by atoms with Gasteiger partial charge in [0, 0.05) is 16.8 Å². The summed E-state index contributed by atoms with van der Waals surface area (Å²) < 4.78 is 0. The number of aryl methyl sites for hydroxylation is 2. The molecule has 2 unspecified atom stereocenters. The Balaban J connectivity index is 1.82. The molecule has 2 heterocycles. The molecule has 6 nitrogen and oxygen atoms in total. The molecule has 0 aliphatic carbocycles. The Hall–Kier alpha value is -1.47. The Morgan fingerprint density at radius 1 is 1.15 bits per heavy atom. The third kappa shape index (κ3) is 5.27. The minimum atomic E-state index is -0.224. The fourth-order valence-corrected chi connectivity index (χ4v) is 3.78. The van der Waals surface area contributed by atoms with Crippen molar-refractivity contribution >= 4 is 28.3 Å². The molecule has 2 N–H and O–H groups in total. The largest absolute Gasteiger partial charge is 0.353 e. The first-order valence-electron chi connectivity index (χ1n) is 9.48. The predicted molar refractivity (Wildman–Crippen MR) is 106 cm³/mol. The Morgan fingerprint density at radius 2 is 1.77 bits per heavy atom. The minimum absolute atomic E-state index is 0.0323. The van der Waals surface area contributed by atoms with Crippen molar-refractivity contribution in [1.29, 1.82) is 0 Å². The number of likely N-dealkylation sites (tertiary alicyclic amines) is 1. The maximum absolute atomic E-state index is 12.5. The number of hydrogen-bond donors (Lipinski definition) is 2. The van der Waals surface area contributed by atoms with Crippen molar-refractivity contribution in [2.45, 2.75) is 66.5 Å². The second-order valence-electron chi connectivity index (χ2n) is 7.68. The molecule has 2 atom stereocenters. The lowest BCUT2D eigenvalue weighted by molar-refractivity contribution is -0.128. The summed E-state index contributed by atoms with van der Waals surface area (Å²) >= 11 is 1.50. The van der Waals surface area contributed by atoms with Crippen LogP contribution in [0.5, 0.6) is 0 Å². The summed E-state index contributed by atoms with van der Waals surface area (Å²) in [6.07, 6.45) is 1.59. The fraction of sp³-hybridized carbons (Fsp3) is 0.737. The second-order valence-corrected chi connectivity index (χ2v) is 8.88. The highest BCUT2D eigenvalue weighted by molar-refractivity contribution is 7.15. The van der Waals surface area contributed by atoms with E-state index in [1.807, 2.05) is 27.7 Å². The van der Waals surface area contributed by atoms with Crippen molar-refractivity contribution in [3.63, 3.8) is 0 Å². The number of nitrogens with one attached hydrogen (secondary N) is 2. The number of piperidine rings is 1. The van der Waals surface area contributed by atoms with Gasteiger partial charge in [-0.05, 0) is 59.5 Å². The van der Waals surface area contributed by atoms with Gasteiger partial charge >= 0.3 is 0 Å². The quantitative estimate of drug-likeness (QED) is 0.796. The van der Waals surface area contributed by atoms with Crippen molar-refractivity contribution in [2.24, 2.45) is 11.8 Å². The zero-order chi connectivity index (χ0) is 19.4. The van der Waals surface area contributed by atoms with Crippen molar-refractivity contribution in [3.05, 3.63) is 10.6 Å². The van der Waals surface area contributed by atoms with Gasteiger partial charge in [-0.1, -0.05) is 13.8 Å². The molecule has 1 aromatic rings. The number of thiazole rings is 1. The summed E-state index contributed by atoms with van der Waals surface area (Å²) in [5.41, 5.74) is 0.959. The summed E-state index contributed by atoms with van der Waals surface area (Å²) in [6, 6.07) is -0.0337. The van der Waals surface area contributed by atoms with Gasteiger partial charge in [0.2, 0.25) is 11.8 Å². The van der Waals surface area contributed by atoms with Crippen LogP contribution in [0.2, 0.25) is 0 Å². The first-order chi connectivity index (χ1) is 12.2. The van der Waals surface area contributed by atoms with Crippen LogP contribution >= 0.6 is 11.3 Å². The second kappa shape index (κ2) is 8.95. The van der Waals surface area contributed by atoms with Gasteiger partial charge in [0.15, 0.2) is 5.13 Å². The number of anilines is 1. The number of carbonyl (C=O) groups is 2. The van der Waals surface area contributed by atoms with Gasteiger partial charge in [0.1, 0.15) is 0 Å². The SMILES string of the molecule is Cc1nc(NC(=O)C(C)N2CCC(C(=O)NC(C)C(C)C)CC2)sc1C. The Labute approximate surface area is 160 Å². The van der Waals surface area contributed by atoms with Crippen LogP contribution in [0, 0.1) is 25.7 Å². The van der Waals surface area contributed by atoms with Crippen molar-refractivity contribution in [1.82, 2.24) is 15.2 Å². The van der Waals surface area contributed by atoms with Crippen LogP contribution in [0.25, 0.3) is 0 Å². The average molecular weight is 381 g/mol. The molecule has 0 spiro atoms. The Bertz CT molecular complexity index is 616. The molecule has 1 aromatic heterocycles.